The number of halogens is 3. The molecule has 0 bridgehead atoms. The average Bonchev–Trinajstić information content (AvgIpc) is 2.36. The zero-order valence-corrected chi connectivity index (χ0v) is 10.5. The van der Waals surface area contributed by atoms with Gasteiger partial charge >= 0.3 is 6.18 Å². The van der Waals surface area contributed by atoms with Crippen LogP contribution >= 0.6 is 0 Å². The highest BCUT2D eigenvalue weighted by molar-refractivity contribution is 5.76. The lowest BCUT2D eigenvalue weighted by atomic mass is 9.88. The standard InChI is InChI=1S/C13H15F3N2O/c1-2-12(19)18-6-9-8(4-3-5-11(9)17)10(7-18)13(14,15)16/h3-5,10H,2,6-7,17H2,1H3. The summed E-state index contributed by atoms with van der Waals surface area (Å²) in [6, 6.07) is 4.52. The van der Waals surface area contributed by atoms with Crippen LogP contribution in [-0.2, 0) is 11.3 Å². The Morgan fingerprint density at radius 3 is 2.74 bits per heavy atom. The summed E-state index contributed by atoms with van der Waals surface area (Å²) in [6.07, 6.45) is -4.19. The summed E-state index contributed by atoms with van der Waals surface area (Å²) in [7, 11) is 0. The number of fused-ring (bicyclic) bond motifs is 1. The Labute approximate surface area is 109 Å². The predicted octanol–water partition coefficient (Wildman–Crippen LogP) is 2.67. The molecule has 1 amide bonds. The number of carbonyl (C=O) groups excluding carboxylic acids is 1. The van der Waals surface area contributed by atoms with Crippen molar-refractivity contribution in [2.24, 2.45) is 0 Å². The minimum Gasteiger partial charge on any atom is -0.398 e. The normalized spacial score (nSPS) is 19.2. The fourth-order valence-corrected chi connectivity index (χ4v) is 2.40. The zero-order chi connectivity index (χ0) is 14.2. The third kappa shape index (κ3) is 2.52. The minimum absolute atomic E-state index is 0.154. The first kappa shape index (κ1) is 13.7. The van der Waals surface area contributed by atoms with Gasteiger partial charge in [-0.15, -0.1) is 0 Å². The van der Waals surface area contributed by atoms with Crippen molar-refractivity contribution >= 4 is 11.6 Å². The quantitative estimate of drug-likeness (QED) is 0.799. The van der Waals surface area contributed by atoms with Crippen molar-refractivity contribution < 1.29 is 18.0 Å². The highest BCUT2D eigenvalue weighted by Crippen LogP contribution is 2.41. The van der Waals surface area contributed by atoms with E-state index in [9.17, 15) is 18.0 Å². The molecule has 0 spiro atoms. The van der Waals surface area contributed by atoms with Gasteiger partial charge in [-0.1, -0.05) is 19.1 Å². The number of alkyl halides is 3. The Morgan fingerprint density at radius 1 is 1.47 bits per heavy atom. The average molecular weight is 272 g/mol. The Bertz CT molecular complexity index is 499. The Balaban J connectivity index is 2.47. The summed E-state index contributed by atoms with van der Waals surface area (Å²) in [5.74, 6) is -1.95. The maximum absolute atomic E-state index is 13.1. The smallest absolute Gasteiger partial charge is 0.397 e. The van der Waals surface area contributed by atoms with Gasteiger partial charge in [-0.25, -0.2) is 0 Å². The third-order valence-corrected chi connectivity index (χ3v) is 3.43. The summed E-state index contributed by atoms with van der Waals surface area (Å²) < 4.78 is 39.3. The fourth-order valence-electron chi connectivity index (χ4n) is 2.40. The highest BCUT2D eigenvalue weighted by atomic mass is 19.4. The molecule has 0 saturated carbocycles. The molecule has 1 atom stereocenters. The van der Waals surface area contributed by atoms with Gasteiger partial charge in [0.25, 0.3) is 0 Å². The Hall–Kier alpha value is -1.72. The molecule has 0 radical (unpaired) electrons. The first-order valence-electron chi connectivity index (χ1n) is 6.06. The van der Waals surface area contributed by atoms with E-state index in [1.165, 1.54) is 17.0 Å². The van der Waals surface area contributed by atoms with E-state index >= 15 is 0 Å². The number of nitrogen functional groups attached to an aromatic ring is 1. The van der Waals surface area contributed by atoms with Crippen molar-refractivity contribution in [1.29, 1.82) is 0 Å². The van der Waals surface area contributed by atoms with Crippen LogP contribution in [0, 0.1) is 0 Å². The van der Waals surface area contributed by atoms with Gasteiger partial charge in [-0.3, -0.25) is 4.79 Å². The van der Waals surface area contributed by atoms with Gasteiger partial charge < -0.3 is 10.6 Å². The van der Waals surface area contributed by atoms with Gasteiger partial charge in [0.2, 0.25) is 5.91 Å². The minimum atomic E-state index is -4.38. The third-order valence-electron chi connectivity index (χ3n) is 3.43. The van der Waals surface area contributed by atoms with Gasteiger partial charge in [0.1, 0.15) is 0 Å². The molecule has 1 aliphatic heterocycles. The molecule has 2 rings (SSSR count). The van der Waals surface area contributed by atoms with Crippen LogP contribution in [0.4, 0.5) is 18.9 Å². The molecule has 104 valence electrons. The van der Waals surface area contributed by atoms with Crippen molar-refractivity contribution in [3.8, 4) is 0 Å². The first-order chi connectivity index (χ1) is 8.84. The number of nitrogens with two attached hydrogens (primary N) is 1. The van der Waals surface area contributed by atoms with Gasteiger partial charge in [0.15, 0.2) is 0 Å². The van der Waals surface area contributed by atoms with Gasteiger partial charge in [0.05, 0.1) is 5.92 Å². The predicted molar refractivity (Wildman–Crippen MR) is 65.4 cm³/mol. The van der Waals surface area contributed by atoms with E-state index in [0.717, 1.165) is 0 Å². The molecule has 0 fully saturated rings. The number of amides is 1. The number of hydrogen-bond donors (Lipinski definition) is 1. The van der Waals surface area contributed by atoms with Crippen LogP contribution in [0.3, 0.4) is 0 Å². The second kappa shape index (κ2) is 4.75. The van der Waals surface area contributed by atoms with E-state index in [1.54, 1.807) is 13.0 Å². The molecule has 2 N–H and O–H groups in total. The van der Waals surface area contributed by atoms with E-state index in [-0.39, 0.29) is 31.0 Å². The first-order valence-corrected chi connectivity index (χ1v) is 6.06. The largest absolute Gasteiger partial charge is 0.398 e. The number of benzene rings is 1. The van der Waals surface area contributed by atoms with Crippen molar-refractivity contribution in [3.63, 3.8) is 0 Å². The summed E-state index contributed by atoms with van der Waals surface area (Å²) in [5, 5.41) is 0. The monoisotopic (exact) mass is 272 g/mol. The molecule has 19 heavy (non-hydrogen) atoms. The molecule has 1 aromatic carbocycles. The maximum Gasteiger partial charge on any atom is 0.397 e. The fraction of sp³-hybridized carbons (Fsp3) is 0.462. The zero-order valence-electron chi connectivity index (χ0n) is 10.5. The Kier molecular flexibility index (Phi) is 3.43. The lowest BCUT2D eigenvalue weighted by Crippen LogP contribution is -2.42. The van der Waals surface area contributed by atoms with E-state index < -0.39 is 12.1 Å². The topological polar surface area (TPSA) is 46.3 Å². The molecule has 3 nitrogen and oxygen atoms in total. The van der Waals surface area contributed by atoms with Crippen LogP contribution in [0.1, 0.15) is 30.4 Å². The second-order valence-electron chi connectivity index (χ2n) is 4.64. The molecule has 6 heteroatoms. The van der Waals surface area contributed by atoms with E-state index in [1.807, 2.05) is 0 Å². The van der Waals surface area contributed by atoms with Crippen molar-refractivity contribution in [3.05, 3.63) is 29.3 Å². The molecule has 0 saturated heterocycles. The second-order valence-corrected chi connectivity index (χ2v) is 4.64. The SMILES string of the molecule is CCC(=O)N1Cc2c(N)cccc2C(C(F)(F)F)C1. The molecule has 1 heterocycles. The van der Waals surface area contributed by atoms with Gasteiger partial charge in [-0.05, 0) is 17.2 Å². The number of carbonyl (C=O) groups is 1. The van der Waals surface area contributed by atoms with Crippen molar-refractivity contribution in [1.82, 2.24) is 4.90 Å². The summed E-state index contributed by atoms with van der Waals surface area (Å²) in [4.78, 5) is 12.9. The maximum atomic E-state index is 13.1. The van der Waals surface area contributed by atoms with Gasteiger partial charge in [0, 0.05) is 25.2 Å². The van der Waals surface area contributed by atoms with Crippen LogP contribution in [0.5, 0.6) is 0 Å². The van der Waals surface area contributed by atoms with Crippen LogP contribution in [0.15, 0.2) is 18.2 Å². The van der Waals surface area contributed by atoms with Crippen molar-refractivity contribution in [2.75, 3.05) is 12.3 Å². The lowest BCUT2D eigenvalue weighted by Gasteiger charge is -2.36. The Morgan fingerprint density at radius 2 is 2.16 bits per heavy atom. The van der Waals surface area contributed by atoms with Gasteiger partial charge in [-0.2, -0.15) is 13.2 Å². The van der Waals surface area contributed by atoms with Crippen LogP contribution < -0.4 is 5.73 Å². The molecular weight excluding hydrogens is 257 g/mol. The molecule has 1 aliphatic rings. The van der Waals surface area contributed by atoms with Crippen molar-refractivity contribution in [2.45, 2.75) is 32.0 Å². The number of anilines is 1. The van der Waals surface area contributed by atoms with Crippen LogP contribution in [-0.4, -0.2) is 23.5 Å². The number of rotatable bonds is 1. The highest BCUT2D eigenvalue weighted by Gasteiger charge is 2.45. The van der Waals surface area contributed by atoms with Crippen LogP contribution in [0.2, 0.25) is 0 Å². The molecule has 0 aromatic heterocycles. The van der Waals surface area contributed by atoms with E-state index in [2.05, 4.69) is 0 Å². The van der Waals surface area contributed by atoms with Crippen LogP contribution in [0.25, 0.3) is 0 Å². The number of hydrogen-bond acceptors (Lipinski definition) is 2. The summed E-state index contributed by atoms with van der Waals surface area (Å²) >= 11 is 0. The summed E-state index contributed by atoms with van der Waals surface area (Å²) in [6.45, 7) is 1.46. The molecular formula is C13H15F3N2O. The summed E-state index contributed by atoms with van der Waals surface area (Å²) in [5.41, 5.74) is 6.65. The molecule has 0 aliphatic carbocycles. The lowest BCUT2D eigenvalue weighted by molar-refractivity contribution is -0.161. The number of nitrogens with zero attached hydrogens (tertiary/aromatic N) is 1. The van der Waals surface area contributed by atoms with E-state index in [0.29, 0.717) is 11.3 Å². The van der Waals surface area contributed by atoms with E-state index in [4.69, 9.17) is 5.73 Å². The molecule has 1 unspecified atom stereocenters. The molecule has 1 aromatic rings.